The molecule has 2 aromatic rings. The minimum atomic E-state index is -0.424. The van der Waals surface area contributed by atoms with Gasteiger partial charge in [-0.2, -0.15) is 0 Å². The molecule has 0 aromatic heterocycles. The first-order valence-electron chi connectivity index (χ1n) is 5.22. The van der Waals surface area contributed by atoms with E-state index < -0.39 is 5.91 Å². The molecule has 2 N–H and O–H groups in total. The molecule has 0 radical (unpaired) electrons. The molecule has 2 heteroatoms. The number of nitrogens with two attached hydrogens (primary N) is 1. The van der Waals surface area contributed by atoms with Crippen molar-refractivity contribution in [3.05, 3.63) is 71.3 Å². The number of benzene rings is 2. The summed E-state index contributed by atoms with van der Waals surface area (Å²) in [5.74, 6) is 5.64. The van der Waals surface area contributed by atoms with Crippen LogP contribution in [-0.2, 0) is 0 Å². The van der Waals surface area contributed by atoms with Crippen molar-refractivity contribution in [1.29, 1.82) is 0 Å². The second-order valence-electron chi connectivity index (χ2n) is 3.56. The summed E-state index contributed by atoms with van der Waals surface area (Å²) in [6.45, 7) is 0. The van der Waals surface area contributed by atoms with Crippen LogP contribution in [0.25, 0.3) is 0 Å². The summed E-state index contributed by atoms with van der Waals surface area (Å²) in [5.41, 5.74) is 7.47. The van der Waals surface area contributed by atoms with Crippen LogP contribution in [0.5, 0.6) is 0 Å². The molecule has 0 heterocycles. The second-order valence-corrected chi connectivity index (χ2v) is 3.56. The Kier molecular flexibility index (Phi) is 3.23. The van der Waals surface area contributed by atoms with Gasteiger partial charge in [0.2, 0.25) is 5.91 Å². The number of carbonyl (C=O) groups is 1. The van der Waals surface area contributed by atoms with Crippen molar-refractivity contribution in [1.82, 2.24) is 0 Å². The molecule has 0 spiro atoms. The highest BCUT2D eigenvalue weighted by molar-refractivity contribution is 5.92. The quantitative estimate of drug-likeness (QED) is 0.737. The third kappa shape index (κ3) is 2.96. The summed E-state index contributed by atoms with van der Waals surface area (Å²) < 4.78 is 0. The van der Waals surface area contributed by atoms with E-state index in [0.717, 1.165) is 11.1 Å². The van der Waals surface area contributed by atoms with Gasteiger partial charge in [0.15, 0.2) is 0 Å². The Labute approximate surface area is 100 Å². The summed E-state index contributed by atoms with van der Waals surface area (Å²) in [4.78, 5) is 10.9. The van der Waals surface area contributed by atoms with E-state index in [0.29, 0.717) is 5.56 Å². The fourth-order valence-electron chi connectivity index (χ4n) is 1.38. The van der Waals surface area contributed by atoms with Crippen molar-refractivity contribution < 1.29 is 4.79 Å². The highest BCUT2D eigenvalue weighted by atomic mass is 16.1. The van der Waals surface area contributed by atoms with Gasteiger partial charge in [-0.25, -0.2) is 0 Å². The van der Waals surface area contributed by atoms with E-state index >= 15 is 0 Å². The van der Waals surface area contributed by atoms with Crippen molar-refractivity contribution in [2.24, 2.45) is 5.73 Å². The predicted octanol–water partition coefficient (Wildman–Crippen LogP) is 2.19. The molecule has 82 valence electrons. The van der Waals surface area contributed by atoms with E-state index in [4.69, 9.17) is 5.73 Å². The van der Waals surface area contributed by atoms with Gasteiger partial charge in [-0.05, 0) is 36.4 Å². The lowest BCUT2D eigenvalue weighted by Crippen LogP contribution is -2.10. The minimum absolute atomic E-state index is 0.424. The Balaban J connectivity index is 2.20. The number of rotatable bonds is 1. The van der Waals surface area contributed by atoms with Gasteiger partial charge >= 0.3 is 0 Å². The van der Waals surface area contributed by atoms with E-state index in [1.54, 1.807) is 24.3 Å². The zero-order valence-electron chi connectivity index (χ0n) is 9.18. The Bertz CT molecular complexity index is 574. The average Bonchev–Trinajstić information content (AvgIpc) is 2.38. The average molecular weight is 221 g/mol. The summed E-state index contributed by atoms with van der Waals surface area (Å²) in [6.07, 6.45) is 0. The maximum absolute atomic E-state index is 10.9. The normalized spacial score (nSPS) is 9.18. The smallest absolute Gasteiger partial charge is 0.248 e. The Morgan fingerprint density at radius 3 is 1.88 bits per heavy atom. The van der Waals surface area contributed by atoms with Crippen molar-refractivity contribution in [2.45, 2.75) is 0 Å². The maximum Gasteiger partial charge on any atom is 0.248 e. The topological polar surface area (TPSA) is 43.1 Å². The third-order valence-corrected chi connectivity index (χ3v) is 2.29. The van der Waals surface area contributed by atoms with Gasteiger partial charge in [-0.3, -0.25) is 4.79 Å². The van der Waals surface area contributed by atoms with Crippen LogP contribution >= 0.6 is 0 Å². The molecule has 0 saturated carbocycles. The van der Waals surface area contributed by atoms with Gasteiger partial charge < -0.3 is 5.73 Å². The molecule has 0 bridgehead atoms. The standard InChI is InChI=1S/C15H11NO/c16-15(17)14-10-8-13(9-11-14)7-6-12-4-2-1-3-5-12/h1-5,8-11H,(H2,16,17). The third-order valence-electron chi connectivity index (χ3n) is 2.29. The summed E-state index contributed by atoms with van der Waals surface area (Å²) in [5, 5.41) is 0. The summed E-state index contributed by atoms with van der Waals surface area (Å²) in [6, 6.07) is 16.7. The van der Waals surface area contributed by atoms with E-state index in [1.807, 2.05) is 30.3 Å². The van der Waals surface area contributed by atoms with Crippen LogP contribution in [0.3, 0.4) is 0 Å². The van der Waals surface area contributed by atoms with Crippen LogP contribution in [0.15, 0.2) is 54.6 Å². The fourth-order valence-corrected chi connectivity index (χ4v) is 1.38. The predicted molar refractivity (Wildman–Crippen MR) is 67.4 cm³/mol. The molecule has 1 amide bonds. The van der Waals surface area contributed by atoms with Gasteiger partial charge in [0.25, 0.3) is 0 Å². The van der Waals surface area contributed by atoms with Crippen molar-refractivity contribution in [2.75, 3.05) is 0 Å². The van der Waals surface area contributed by atoms with Gasteiger partial charge in [-0.15, -0.1) is 0 Å². The van der Waals surface area contributed by atoms with Crippen LogP contribution < -0.4 is 5.73 Å². The number of primary amides is 1. The second kappa shape index (κ2) is 5.00. The summed E-state index contributed by atoms with van der Waals surface area (Å²) >= 11 is 0. The highest BCUT2D eigenvalue weighted by Crippen LogP contribution is 2.03. The summed E-state index contributed by atoms with van der Waals surface area (Å²) in [7, 11) is 0. The molecular weight excluding hydrogens is 210 g/mol. The monoisotopic (exact) mass is 221 g/mol. The SMILES string of the molecule is NC(=O)c1ccc(C#Cc2ccccc2)cc1. The Morgan fingerprint density at radius 1 is 0.824 bits per heavy atom. The zero-order valence-corrected chi connectivity index (χ0v) is 9.18. The molecule has 0 fully saturated rings. The number of amides is 1. The van der Waals surface area contributed by atoms with Crippen LogP contribution in [0.1, 0.15) is 21.5 Å². The maximum atomic E-state index is 10.9. The van der Waals surface area contributed by atoms with Crippen LogP contribution in [-0.4, -0.2) is 5.91 Å². The lowest BCUT2D eigenvalue weighted by Gasteiger charge is -1.94. The molecule has 2 rings (SSSR count). The molecule has 17 heavy (non-hydrogen) atoms. The molecule has 0 saturated heterocycles. The van der Waals surface area contributed by atoms with Gasteiger partial charge in [0.05, 0.1) is 0 Å². The molecular formula is C15H11NO. The molecule has 0 aliphatic heterocycles. The first kappa shape index (κ1) is 11.0. The largest absolute Gasteiger partial charge is 0.366 e. The van der Waals surface area contributed by atoms with E-state index in [-0.39, 0.29) is 0 Å². The number of hydrogen-bond acceptors (Lipinski definition) is 1. The number of hydrogen-bond donors (Lipinski definition) is 1. The number of carbonyl (C=O) groups excluding carboxylic acids is 1. The van der Waals surface area contributed by atoms with Gasteiger partial charge in [0.1, 0.15) is 0 Å². The first-order valence-corrected chi connectivity index (χ1v) is 5.22. The molecule has 0 unspecified atom stereocenters. The fraction of sp³-hybridized carbons (Fsp3) is 0. The van der Waals surface area contributed by atoms with Crippen molar-refractivity contribution in [3.63, 3.8) is 0 Å². The highest BCUT2D eigenvalue weighted by Gasteiger charge is 1.97. The van der Waals surface area contributed by atoms with E-state index in [2.05, 4.69) is 11.8 Å². The molecule has 2 aromatic carbocycles. The van der Waals surface area contributed by atoms with E-state index in [9.17, 15) is 4.79 Å². The Morgan fingerprint density at radius 2 is 1.35 bits per heavy atom. The Hall–Kier alpha value is -2.53. The molecule has 0 atom stereocenters. The lowest BCUT2D eigenvalue weighted by molar-refractivity contribution is 0.100. The van der Waals surface area contributed by atoms with Crippen LogP contribution in [0, 0.1) is 11.8 Å². The van der Waals surface area contributed by atoms with Gasteiger partial charge in [0, 0.05) is 16.7 Å². The molecule has 0 aliphatic rings. The van der Waals surface area contributed by atoms with Crippen molar-refractivity contribution >= 4 is 5.91 Å². The molecule has 2 nitrogen and oxygen atoms in total. The zero-order chi connectivity index (χ0) is 12.1. The van der Waals surface area contributed by atoms with Crippen molar-refractivity contribution in [3.8, 4) is 11.8 Å². The van der Waals surface area contributed by atoms with E-state index in [1.165, 1.54) is 0 Å². The molecule has 0 aliphatic carbocycles. The lowest BCUT2D eigenvalue weighted by atomic mass is 10.1. The first-order chi connectivity index (χ1) is 8.25. The van der Waals surface area contributed by atoms with Crippen LogP contribution in [0.4, 0.5) is 0 Å². The van der Waals surface area contributed by atoms with Crippen LogP contribution in [0.2, 0.25) is 0 Å². The van der Waals surface area contributed by atoms with Gasteiger partial charge in [-0.1, -0.05) is 30.0 Å². The minimum Gasteiger partial charge on any atom is -0.366 e.